The molecule has 1 aliphatic rings. The molecule has 0 radical (unpaired) electrons. The molecule has 16 heavy (non-hydrogen) atoms. The molecule has 0 spiro atoms. The van der Waals surface area contributed by atoms with Gasteiger partial charge in [0.2, 0.25) is 0 Å². The van der Waals surface area contributed by atoms with Crippen molar-refractivity contribution in [1.29, 1.82) is 5.41 Å². The van der Waals surface area contributed by atoms with Gasteiger partial charge < -0.3 is 15.7 Å². The summed E-state index contributed by atoms with van der Waals surface area (Å²) in [5.74, 6) is 0.0834. The minimum Gasteiger partial charge on any atom is -0.391 e. The molecule has 2 rings (SSSR count). The second kappa shape index (κ2) is 4.14. The molecule has 0 saturated carbocycles. The maximum Gasteiger partial charge on any atom is 0.124 e. The first-order valence-corrected chi connectivity index (χ1v) is 5.46. The van der Waals surface area contributed by atoms with Crippen LogP contribution < -0.4 is 10.6 Å². The van der Waals surface area contributed by atoms with Crippen LogP contribution in [0.2, 0.25) is 0 Å². The molecule has 0 bridgehead atoms. The summed E-state index contributed by atoms with van der Waals surface area (Å²) in [6.45, 7) is 3.43. The van der Waals surface area contributed by atoms with E-state index in [4.69, 9.17) is 11.1 Å². The van der Waals surface area contributed by atoms with Crippen LogP contribution in [0.15, 0.2) is 18.2 Å². The minimum absolute atomic E-state index is 0.0834. The fraction of sp³-hybridized carbons (Fsp3) is 0.417. The largest absolute Gasteiger partial charge is 0.391 e. The molecule has 86 valence electrons. The number of nitrogens with two attached hydrogens (primary N) is 1. The summed E-state index contributed by atoms with van der Waals surface area (Å²) in [6, 6.07) is 5.90. The van der Waals surface area contributed by atoms with E-state index >= 15 is 0 Å². The summed E-state index contributed by atoms with van der Waals surface area (Å²) in [7, 11) is 0. The number of anilines is 1. The third kappa shape index (κ3) is 2.02. The van der Waals surface area contributed by atoms with Gasteiger partial charge in [0.25, 0.3) is 0 Å². The second-order valence-corrected chi connectivity index (χ2v) is 4.32. The average Bonchev–Trinajstić information content (AvgIpc) is 2.64. The van der Waals surface area contributed by atoms with E-state index in [1.165, 1.54) is 0 Å². The van der Waals surface area contributed by atoms with Gasteiger partial charge in [0, 0.05) is 24.3 Å². The van der Waals surface area contributed by atoms with Gasteiger partial charge >= 0.3 is 0 Å². The molecule has 1 heterocycles. The third-order valence-electron chi connectivity index (χ3n) is 2.95. The maximum absolute atomic E-state index is 9.52. The van der Waals surface area contributed by atoms with E-state index in [1.807, 2.05) is 25.1 Å². The van der Waals surface area contributed by atoms with Crippen LogP contribution in [0.3, 0.4) is 0 Å². The second-order valence-electron chi connectivity index (χ2n) is 4.32. The Balaban J connectivity index is 2.36. The zero-order chi connectivity index (χ0) is 11.7. The molecule has 1 saturated heterocycles. The van der Waals surface area contributed by atoms with E-state index in [2.05, 4.69) is 4.90 Å². The lowest BCUT2D eigenvalue weighted by Crippen LogP contribution is -2.25. The van der Waals surface area contributed by atoms with Gasteiger partial charge in [-0.1, -0.05) is 11.6 Å². The Hall–Kier alpha value is -1.55. The number of rotatable bonds is 2. The standard InChI is InChI=1S/C12H17N3O/c1-8-2-3-11(10(6-8)12(13)14)15-5-4-9(16)7-15/h2-3,6,9,16H,4-5,7H2,1H3,(H3,13,14). The fourth-order valence-electron chi connectivity index (χ4n) is 2.10. The third-order valence-corrected chi connectivity index (χ3v) is 2.95. The van der Waals surface area contributed by atoms with Gasteiger partial charge in [-0.25, -0.2) is 0 Å². The molecule has 1 atom stereocenters. The number of β-amino-alcohol motifs (C(OH)–C–C–N with tert-alkyl or cyclic N) is 1. The number of amidine groups is 1. The highest BCUT2D eigenvalue weighted by atomic mass is 16.3. The molecule has 1 fully saturated rings. The van der Waals surface area contributed by atoms with Crippen molar-refractivity contribution in [3.63, 3.8) is 0 Å². The number of nitrogen functional groups attached to an aromatic ring is 1. The van der Waals surface area contributed by atoms with Crippen LogP contribution in [0, 0.1) is 12.3 Å². The van der Waals surface area contributed by atoms with Crippen molar-refractivity contribution >= 4 is 11.5 Å². The average molecular weight is 219 g/mol. The zero-order valence-electron chi connectivity index (χ0n) is 9.40. The summed E-state index contributed by atoms with van der Waals surface area (Å²) < 4.78 is 0. The van der Waals surface area contributed by atoms with E-state index in [0.717, 1.165) is 29.8 Å². The Kier molecular flexibility index (Phi) is 2.83. The van der Waals surface area contributed by atoms with Crippen LogP contribution >= 0.6 is 0 Å². The molecule has 1 aromatic rings. The fourth-order valence-corrected chi connectivity index (χ4v) is 2.10. The van der Waals surface area contributed by atoms with Crippen molar-refractivity contribution in [2.45, 2.75) is 19.4 Å². The smallest absolute Gasteiger partial charge is 0.124 e. The van der Waals surface area contributed by atoms with Gasteiger partial charge in [0.1, 0.15) is 5.84 Å². The van der Waals surface area contributed by atoms with Crippen molar-refractivity contribution in [2.75, 3.05) is 18.0 Å². The van der Waals surface area contributed by atoms with Gasteiger partial charge in [-0.2, -0.15) is 0 Å². The first kappa shape index (κ1) is 11.0. The van der Waals surface area contributed by atoms with Crippen molar-refractivity contribution in [3.05, 3.63) is 29.3 Å². The maximum atomic E-state index is 9.52. The summed E-state index contributed by atoms with van der Waals surface area (Å²) in [5.41, 5.74) is 8.38. The lowest BCUT2D eigenvalue weighted by Gasteiger charge is -2.21. The number of nitrogens with zero attached hydrogens (tertiary/aromatic N) is 1. The summed E-state index contributed by atoms with van der Waals surface area (Å²) in [4.78, 5) is 2.08. The monoisotopic (exact) mass is 219 g/mol. The van der Waals surface area contributed by atoms with Crippen molar-refractivity contribution < 1.29 is 5.11 Å². The van der Waals surface area contributed by atoms with Crippen LogP contribution in [-0.2, 0) is 0 Å². The number of aliphatic hydroxyl groups excluding tert-OH is 1. The molecule has 1 aliphatic heterocycles. The predicted molar refractivity (Wildman–Crippen MR) is 65.0 cm³/mol. The lowest BCUT2D eigenvalue weighted by atomic mass is 10.1. The van der Waals surface area contributed by atoms with Crippen molar-refractivity contribution in [1.82, 2.24) is 0 Å². The molecule has 4 nitrogen and oxygen atoms in total. The molecule has 1 unspecified atom stereocenters. The Morgan fingerprint density at radius 1 is 1.56 bits per heavy atom. The van der Waals surface area contributed by atoms with E-state index in [0.29, 0.717) is 6.54 Å². The lowest BCUT2D eigenvalue weighted by molar-refractivity contribution is 0.198. The number of benzene rings is 1. The van der Waals surface area contributed by atoms with Gasteiger partial charge in [0.05, 0.1) is 6.10 Å². The van der Waals surface area contributed by atoms with Crippen LogP contribution in [-0.4, -0.2) is 30.1 Å². The number of nitrogens with one attached hydrogen (secondary N) is 1. The van der Waals surface area contributed by atoms with Gasteiger partial charge in [-0.3, -0.25) is 5.41 Å². The van der Waals surface area contributed by atoms with E-state index in [1.54, 1.807) is 0 Å². The predicted octanol–water partition coefficient (Wildman–Crippen LogP) is 0.850. The normalized spacial score (nSPS) is 20.1. The van der Waals surface area contributed by atoms with Crippen LogP contribution in [0.5, 0.6) is 0 Å². The SMILES string of the molecule is Cc1ccc(N2CCC(O)C2)c(C(=N)N)c1. The van der Waals surface area contributed by atoms with Gasteiger partial charge in [-0.15, -0.1) is 0 Å². The van der Waals surface area contributed by atoms with E-state index < -0.39 is 0 Å². The highest BCUT2D eigenvalue weighted by Gasteiger charge is 2.22. The molecule has 0 aliphatic carbocycles. The van der Waals surface area contributed by atoms with Crippen LogP contribution in [0.25, 0.3) is 0 Å². The highest BCUT2D eigenvalue weighted by Crippen LogP contribution is 2.25. The molecular weight excluding hydrogens is 202 g/mol. The van der Waals surface area contributed by atoms with Crippen molar-refractivity contribution in [3.8, 4) is 0 Å². The van der Waals surface area contributed by atoms with Crippen LogP contribution in [0.4, 0.5) is 5.69 Å². The van der Waals surface area contributed by atoms with Gasteiger partial charge in [-0.05, 0) is 25.5 Å². The summed E-state index contributed by atoms with van der Waals surface area (Å²) >= 11 is 0. The topological polar surface area (TPSA) is 73.3 Å². The molecule has 1 aromatic carbocycles. The minimum atomic E-state index is -0.263. The number of aliphatic hydroxyl groups is 1. The van der Waals surface area contributed by atoms with Gasteiger partial charge in [0.15, 0.2) is 0 Å². The summed E-state index contributed by atoms with van der Waals surface area (Å²) in [6.07, 6.45) is 0.520. The number of hydrogen-bond donors (Lipinski definition) is 3. The van der Waals surface area contributed by atoms with Crippen molar-refractivity contribution in [2.24, 2.45) is 5.73 Å². The van der Waals surface area contributed by atoms with E-state index in [9.17, 15) is 5.11 Å². The Morgan fingerprint density at radius 3 is 2.88 bits per heavy atom. The quantitative estimate of drug-likeness (QED) is 0.510. The Bertz CT molecular complexity index is 417. The summed E-state index contributed by atoms with van der Waals surface area (Å²) in [5, 5.41) is 17.1. The molecule has 4 N–H and O–H groups in total. The number of aryl methyl sites for hydroxylation is 1. The first-order valence-electron chi connectivity index (χ1n) is 5.46. The first-order chi connectivity index (χ1) is 7.58. The number of hydrogen-bond acceptors (Lipinski definition) is 3. The molecule has 0 amide bonds. The molecule has 4 heteroatoms. The molecular formula is C12H17N3O. The van der Waals surface area contributed by atoms with Crippen LogP contribution in [0.1, 0.15) is 17.5 Å². The van der Waals surface area contributed by atoms with E-state index in [-0.39, 0.29) is 11.9 Å². The highest BCUT2D eigenvalue weighted by molar-refractivity contribution is 6.00. The zero-order valence-corrected chi connectivity index (χ0v) is 9.40. The molecule has 0 aromatic heterocycles. The Morgan fingerprint density at radius 2 is 2.31 bits per heavy atom. The Labute approximate surface area is 95.2 Å².